The van der Waals surface area contributed by atoms with Crippen LogP contribution in [0.5, 0.6) is 0 Å². The number of aliphatic hydroxyl groups is 2. The molecule has 6 unspecified atom stereocenters. The van der Waals surface area contributed by atoms with Gasteiger partial charge in [-0.2, -0.15) is 0 Å². The standard InChI is InChI=1S/C28H41Cl2NO5S/c1-15-9-8-10-27(7)21(28(27,29)30)12-20(16(2)11-19-14-37-18(4)31-19)36-23(33)13-22(32)26(5,6)25(35)17(3)24(15)34/h11,14-15,17,20-22,24,32,34H,8-10,12-13H2,1-7H3/b16-11+/t15?,17?,20?,21-,22?,24?,27?/m0/s1. The number of alkyl halides is 2. The molecule has 1 aromatic heterocycles. The van der Waals surface area contributed by atoms with Crippen molar-refractivity contribution in [2.75, 3.05) is 0 Å². The Bertz CT molecular complexity index is 1040. The molecule has 208 valence electrons. The number of carbonyl (C=O) groups excluding carboxylic acids is 2. The van der Waals surface area contributed by atoms with Crippen molar-refractivity contribution in [2.45, 2.75) is 103 Å². The van der Waals surface area contributed by atoms with Crippen LogP contribution < -0.4 is 0 Å². The van der Waals surface area contributed by atoms with Crippen LogP contribution in [-0.2, 0) is 14.3 Å². The number of aryl methyl sites for hydroxylation is 1. The van der Waals surface area contributed by atoms with E-state index in [1.807, 2.05) is 32.2 Å². The molecule has 2 heterocycles. The molecular formula is C28H41Cl2NO5S. The molecule has 2 aliphatic rings. The molecular weight excluding hydrogens is 533 g/mol. The Morgan fingerprint density at radius 2 is 1.86 bits per heavy atom. The van der Waals surface area contributed by atoms with Gasteiger partial charge in [-0.05, 0) is 50.7 Å². The van der Waals surface area contributed by atoms with Crippen molar-refractivity contribution in [2.24, 2.45) is 28.6 Å². The fourth-order valence-electron chi connectivity index (χ4n) is 5.72. The van der Waals surface area contributed by atoms with E-state index in [-0.39, 0.29) is 29.5 Å². The fraction of sp³-hybridized carbons (Fsp3) is 0.750. The Labute approximate surface area is 234 Å². The smallest absolute Gasteiger partial charge is 0.309 e. The Hall–Kier alpha value is -0.990. The molecule has 2 fully saturated rings. The highest BCUT2D eigenvalue weighted by Crippen LogP contribution is 2.73. The van der Waals surface area contributed by atoms with Gasteiger partial charge in [-0.1, -0.05) is 41.0 Å². The Morgan fingerprint density at radius 3 is 2.46 bits per heavy atom. The number of ether oxygens (including phenoxy) is 1. The average molecular weight is 575 g/mol. The topological polar surface area (TPSA) is 96.7 Å². The number of ketones is 1. The molecule has 1 saturated heterocycles. The zero-order valence-corrected chi connectivity index (χ0v) is 25.2. The van der Waals surface area contributed by atoms with Crippen LogP contribution in [0.25, 0.3) is 6.08 Å². The minimum absolute atomic E-state index is 0.100. The summed E-state index contributed by atoms with van der Waals surface area (Å²) < 4.78 is 4.96. The SMILES string of the molecule is C/C(=C\c1csc(C)n1)C1C[C@@H]2C(Cl)(Cl)C2(C)CCCC(C)C(O)C(C)C(=O)C(C)(C)C(O)CC(=O)O1. The van der Waals surface area contributed by atoms with Crippen LogP contribution in [0.2, 0.25) is 0 Å². The predicted molar refractivity (Wildman–Crippen MR) is 149 cm³/mol. The van der Waals surface area contributed by atoms with Gasteiger partial charge in [0.1, 0.15) is 16.2 Å². The molecule has 0 spiro atoms. The third-order valence-corrected chi connectivity index (χ3v) is 11.0. The minimum atomic E-state index is -1.26. The summed E-state index contributed by atoms with van der Waals surface area (Å²) in [6, 6.07) is 0. The van der Waals surface area contributed by atoms with Gasteiger partial charge < -0.3 is 14.9 Å². The maximum absolute atomic E-state index is 13.3. The van der Waals surface area contributed by atoms with E-state index in [0.717, 1.165) is 29.1 Å². The van der Waals surface area contributed by atoms with E-state index < -0.39 is 39.9 Å². The Kier molecular flexibility index (Phi) is 9.28. The van der Waals surface area contributed by atoms with Gasteiger partial charge in [0.25, 0.3) is 0 Å². The van der Waals surface area contributed by atoms with Crippen molar-refractivity contribution in [3.63, 3.8) is 0 Å². The van der Waals surface area contributed by atoms with Gasteiger partial charge in [-0.15, -0.1) is 34.5 Å². The number of aromatic nitrogens is 1. The molecule has 7 atom stereocenters. The number of halogens is 2. The van der Waals surface area contributed by atoms with Crippen LogP contribution in [0.3, 0.4) is 0 Å². The van der Waals surface area contributed by atoms with E-state index in [4.69, 9.17) is 27.9 Å². The van der Waals surface area contributed by atoms with Crippen LogP contribution >= 0.6 is 34.5 Å². The van der Waals surface area contributed by atoms with E-state index in [2.05, 4.69) is 11.9 Å². The number of esters is 1. The van der Waals surface area contributed by atoms with Gasteiger partial charge in [0, 0.05) is 22.6 Å². The summed E-state index contributed by atoms with van der Waals surface area (Å²) >= 11 is 15.1. The van der Waals surface area contributed by atoms with Crippen LogP contribution in [0, 0.1) is 35.5 Å². The molecule has 1 aromatic rings. The molecule has 1 aliphatic heterocycles. The van der Waals surface area contributed by atoms with Crippen LogP contribution in [0.4, 0.5) is 0 Å². The first-order valence-corrected chi connectivity index (χ1v) is 14.7. The lowest BCUT2D eigenvalue weighted by atomic mass is 9.73. The van der Waals surface area contributed by atoms with Crippen LogP contribution in [0.1, 0.15) is 84.3 Å². The van der Waals surface area contributed by atoms with E-state index in [9.17, 15) is 19.8 Å². The Balaban J connectivity index is 1.93. The molecule has 1 saturated carbocycles. The maximum Gasteiger partial charge on any atom is 0.309 e. The minimum Gasteiger partial charge on any atom is -0.458 e. The number of carbonyl (C=O) groups is 2. The second-order valence-electron chi connectivity index (χ2n) is 11.9. The van der Waals surface area contributed by atoms with Gasteiger partial charge in [0.05, 0.1) is 34.7 Å². The molecule has 1 aliphatic carbocycles. The first kappa shape index (κ1) is 30.6. The summed E-state index contributed by atoms with van der Waals surface area (Å²) in [4.78, 5) is 30.8. The van der Waals surface area contributed by atoms with E-state index in [1.165, 1.54) is 0 Å². The highest BCUT2D eigenvalue weighted by atomic mass is 35.5. The summed E-state index contributed by atoms with van der Waals surface area (Å²) in [5, 5.41) is 24.7. The van der Waals surface area contributed by atoms with Crippen LogP contribution in [0.15, 0.2) is 11.0 Å². The van der Waals surface area contributed by atoms with Gasteiger partial charge in [-0.3, -0.25) is 9.59 Å². The first-order valence-electron chi connectivity index (χ1n) is 13.1. The zero-order chi connectivity index (χ0) is 27.9. The monoisotopic (exact) mass is 573 g/mol. The first-order chi connectivity index (χ1) is 17.0. The zero-order valence-electron chi connectivity index (χ0n) is 22.9. The van der Waals surface area contributed by atoms with Crippen molar-refractivity contribution in [1.82, 2.24) is 4.98 Å². The quantitative estimate of drug-likeness (QED) is 0.326. The van der Waals surface area contributed by atoms with Crippen molar-refractivity contribution < 1.29 is 24.5 Å². The number of rotatable bonds is 2. The van der Waals surface area contributed by atoms with Gasteiger partial charge in [0.2, 0.25) is 0 Å². The predicted octanol–water partition coefficient (Wildman–Crippen LogP) is 6.13. The number of fused-ring (bicyclic) bond motifs is 1. The number of hydrogen-bond acceptors (Lipinski definition) is 7. The molecule has 0 aromatic carbocycles. The lowest BCUT2D eigenvalue weighted by Gasteiger charge is -2.34. The van der Waals surface area contributed by atoms with Crippen molar-refractivity contribution >= 4 is 52.4 Å². The fourth-order valence-corrected chi connectivity index (χ4v) is 7.29. The Morgan fingerprint density at radius 1 is 1.22 bits per heavy atom. The van der Waals surface area contributed by atoms with Crippen molar-refractivity contribution in [3.8, 4) is 0 Å². The number of nitrogens with zero attached hydrogens (tertiary/aromatic N) is 1. The lowest BCUT2D eigenvalue weighted by Crippen LogP contribution is -2.45. The molecule has 2 N–H and O–H groups in total. The number of Topliss-reactive ketones (excluding diaryl/α,β-unsaturated/α-hetero) is 1. The third kappa shape index (κ3) is 6.27. The van der Waals surface area contributed by atoms with Gasteiger partial charge in [-0.25, -0.2) is 4.98 Å². The third-order valence-electron chi connectivity index (χ3n) is 8.82. The largest absolute Gasteiger partial charge is 0.458 e. The molecule has 6 nitrogen and oxygen atoms in total. The van der Waals surface area contributed by atoms with E-state index in [1.54, 1.807) is 32.1 Å². The molecule has 9 heteroatoms. The number of hydrogen-bond donors (Lipinski definition) is 2. The van der Waals surface area contributed by atoms with Gasteiger partial charge >= 0.3 is 5.97 Å². The molecule has 3 rings (SSSR count). The second kappa shape index (κ2) is 11.2. The van der Waals surface area contributed by atoms with Crippen LogP contribution in [-0.4, -0.2) is 49.6 Å². The normalized spacial score (nSPS) is 37.5. The number of thiazole rings is 1. The summed E-state index contributed by atoms with van der Waals surface area (Å²) in [6.45, 7) is 12.7. The summed E-state index contributed by atoms with van der Waals surface area (Å²) in [5.41, 5.74) is 0.000127. The average Bonchev–Trinajstić information content (AvgIpc) is 3.06. The molecule has 0 radical (unpaired) electrons. The maximum atomic E-state index is 13.3. The number of aliphatic hydroxyl groups excluding tert-OH is 2. The summed E-state index contributed by atoms with van der Waals surface area (Å²) in [5.74, 6) is -1.79. The molecule has 0 amide bonds. The number of cyclic esters (lactones) is 1. The lowest BCUT2D eigenvalue weighted by molar-refractivity contribution is -0.154. The highest BCUT2D eigenvalue weighted by molar-refractivity contribution is 7.09. The van der Waals surface area contributed by atoms with E-state index in [0.29, 0.717) is 12.8 Å². The van der Waals surface area contributed by atoms with Crippen molar-refractivity contribution in [3.05, 3.63) is 21.7 Å². The van der Waals surface area contributed by atoms with Gasteiger partial charge in [0.15, 0.2) is 0 Å². The highest BCUT2D eigenvalue weighted by Gasteiger charge is 2.72. The summed E-state index contributed by atoms with van der Waals surface area (Å²) in [7, 11) is 0. The van der Waals surface area contributed by atoms with E-state index >= 15 is 0 Å². The molecule has 37 heavy (non-hydrogen) atoms. The second-order valence-corrected chi connectivity index (χ2v) is 14.4. The molecule has 0 bridgehead atoms. The van der Waals surface area contributed by atoms with Crippen molar-refractivity contribution in [1.29, 1.82) is 0 Å². The summed E-state index contributed by atoms with van der Waals surface area (Å²) in [6.07, 6.45) is 1.54.